The molecule has 2 fully saturated rings. The Morgan fingerprint density at radius 3 is 2.59 bits per heavy atom. The van der Waals surface area contributed by atoms with Crippen molar-refractivity contribution in [2.75, 3.05) is 13.2 Å². The van der Waals surface area contributed by atoms with Gasteiger partial charge in [-0.25, -0.2) is 8.42 Å². The van der Waals surface area contributed by atoms with Gasteiger partial charge in [0.05, 0.1) is 36.4 Å². The number of nitrogens with zero attached hydrogens (tertiary/aromatic N) is 1. The van der Waals surface area contributed by atoms with Crippen LogP contribution in [0.15, 0.2) is 59.5 Å². The second-order valence-electron chi connectivity index (χ2n) is 7.32. The Morgan fingerprint density at radius 2 is 1.85 bits per heavy atom. The molecule has 2 aliphatic heterocycles. The summed E-state index contributed by atoms with van der Waals surface area (Å²) in [6.07, 6.45) is 1.38. The summed E-state index contributed by atoms with van der Waals surface area (Å²) in [5.74, 6) is 0. The molecule has 0 N–H and O–H groups in total. The fourth-order valence-corrected chi connectivity index (χ4v) is 5.58. The van der Waals surface area contributed by atoms with Gasteiger partial charge in [-0.05, 0) is 37.5 Å². The minimum absolute atomic E-state index is 0.129. The van der Waals surface area contributed by atoms with E-state index in [0.29, 0.717) is 24.7 Å². The monoisotopic (exact) mass is 387 g/mol. The minimum Gasteiger partial charge on any atom is -0.374 e. The van der Waals surface area contributed by atoms with Crippen LogP contribution in [0.4, 0.5) is 0 Å². The lowest BCUT2D eigenvalue weighted by atomic mass is 10.0. The standard InChI is InChI=1S/C21H25NO4S/c1-16-7-9-19(10-8-16)27(23,24)22-12-11-18-13-20(22)21(26-18)15-25-14-17-5-3-2-4-6-17/h2-10,18,20-21H,11-15H2,1H3/t18-,20+,21+/m0/s1. The van der Waals surface area contributed by atoms with Crippen molar-refractivity contribution >= 4 is 10.0 Å². The van der Waals surface area contributed by atoms with E-state index in [1.165, 1.54) is 0 Å². The largest absolute Gasteiger partial charge is 0.374 e. The van der Waals surface area contributed by atoms with E-state index in [4.69, 9.17) is 9.47 Å². The zero-order valence-electron chi connectivity index (χ0n) is 15.5. The van der Waals surface area contributed by atoms with Crippen LogP contribution in [0.1, 0.15) is 24.0 Å². The Balaban J connectivity index is 1.46. The van der Waals surface area contributed by atoms with E-state index in [9.17, 15) is 8.42 Å². The van der Waals surface area contributed by atoms with Crippen molar-refractivity contribution in [2.45, 2.75) is 49.5 Å². The summed E-state index contributed by atoms with van der Waals surface area (Å²) in [4.78, 5) is 0.349. The number of sulfonamides is 1. The van der Waals surface area contributed by atoms with Gasteiger partial charge in [0.2, 0.25) is 10.0 Å². The first-order valence-electron chi connectivity index (χ1n) is 9.40. The van der Waals surface area contributed by atoms with Gasteiger partial charge in [0.1, 0.15) is 0 Å². The number of aryl methyl sites for hydroxylation is 1. The first-order chi connectivity index (χ1) is 13.0. The Hall–Kier alpha value is -1.73. The minimum atomic E-state index is -3.53. The molecule has 0 unspecified atom stereocenters. The molecule has 2 aromatic rings. The lowest BCUT2D eigenvalue weighted by molar-refractivity contribution is -0.0216. The average Bonchev–Trinajstić information content (AvgIpc) is 2.98. The Labute approximate surface area is 161 Å². The maximum absolute atomic E-state index is 13.2. The van der Waals surface area contributed by atoms with Crippen molar-refractivity contribution in [3.8, 4) is 0 Å². The number of rotatable bonds is 6. The van der Waals surface area contributed by atoms with Crippen molar-refractivity contribution in [1.29, 1.82) is 0 Å². The van der Waals surface area contributed by atoms with E-state index in [1.54, 1.807) is 16.4 Å². The summed E-state index contributed by atoms with van der Waals surface area (Å²) in [6, 6.07) is 16.9. The third-order valence-electron chi connectivity index (χ3n) is 5.36. The van der Waals surface area contributed by atoms with E-state index in [-0.39, 0.29) is 18.2 Å². The predicted octanol–water partition coefficient (Wildman–Crippen LogP) is 3.13. The highest BCUT2D eigenvalue weighted by Gasteiger charge is 2.47. The van der Waals surface area contributed by atoms with Crippen LogP contribution in [-0.2, 0) is 26.1 Å². The molecule has 2 bridgehead atoms. The molecule has 5 nitrogen and oxygen atoms in total. The highest BCUT2D eigenvalue weighted by atomic mass is 32.2. The molecule has 0 amide bonds. The number of hydrogen-bond acceptors (Lipinski definition) is 4. The molecular weight excluding hydrogens is 362 g/mol. The fraction of sp³-hybridized carbons (Fsp3) is 0.429. The molecule has 27 heavy (non-hydrogen) atoms. The molecule has 3 atom stereocenters. The van der Waals surface area contributed by atoms with E-state index < -0.39 is 10.0 Å². The number of ether oxygens (including phenoxy) is 2. The third kappa shape index (κ3) is 3.94. The smallest absolute Gasteiger partial charge is 0.243 e. The van der Waals surface area contributed by atoms with Crippen molar-refractivity contribution < 1.29 is 17.9 Å². The predicted molar refractivity (Wildman–Crippen MR) is 103 cm³/mol. The molecule has 0 spiro atoms. The first-order valence-corrected chi connectivity index (χ1v) is 10.8. The molecule has 6 heteroatoms. The molecule has 2 aromatic carbocycles. The van der Waals surface area contributed by atoms with Crippen LogP contribution < -0.4 is 0 Å². The van der Waals surface area contributed by atoms with Crippen LogP contribution in [0.3, 0.4) is 0 Å². The van der Waals surface area contributed by atoms with E-state index >= 15 is 0 Å². The molecule has 144 valence electrons. The number of benzene rings is 2. The topological polar surface area (TPSA) is 55.8 Å². The highest BCUT2D eigenvalue weighted by molar-refractivity contribution is 7.89. The zero-order chi connectivity index (χ0) is 18.9. The average molecular weight is 388 g/mol. The molecule has 2 heterocycles. The molecule has 0 saturated carbocycles. The summed E-state index contributed by atoms with van der Waals surface area (Å²) >= 11 is 0. The molecular formula is C21H25NO4S. The lowest BCUT2D eigenvalue weighted by Gasteiger charge is -2.32. The Morgan fingerprint density at radius 1 is 1.11 bits per heavy atom. The number of piperidine rings is 1. The van der Waals surface area contributed by atoms with Gasteiger partial charge >= 0.3 is 0 Å². The number of hydrogen-bond donors (Lipinski definition) is 0. The third-order valence-corrected chi connectivity index (χ3v) is 7.30. The molecule has 0 aliphatic carbocycles. The van der Waals surface area contributed by atoms with Crippen molar-refractivity contribution in [3.63, 3.8) is 0 Å². The van der Waals surface area contributed by atoms with Gasteiger partial charge in [0.25, 0.3) is 0 Å². The second kappa shape index (κ2) is 7.72. The van der Waals surface area contributed by atoms with Crippen molar-refractivity contribution in [1.82, 2.24) is 4.31 Å². The highest BCUT2D eigenvalue weighted by Crippen LogP contribution is 2.36. The van der Waals surface area contributed by atoms with Gasteiger partial charge in [0, 0.05) is 6.54 Å². The molecule has 2 saturated heterocycles. The SMILES string of the molecule is Cc1ccc(S(=O)(=O)N2CC[C@H]3C[C@@H]2[C@@H](COCc2ccccc2)O3)cc1. The maximum Gasteiger partial charge on any atom is 0.243 e. The van der Waals surface area contributed by atoms with Gasteiger partial charge in [-0.2, -0.15) is 4.31 Å². The molecule has 4 rings (SSSR count). The maximum atomic E-state index is 13.2. The first kappa shape index (κ1) is 18.6. The van der Waals surface area contributed by atoms with Crippen LogP contribution in [-0.4, -0.2) is 44.1 Å². The summed E-state index contributed by atoms with van der Waals surface area (Å²) in [6.45, 7) is 3.35. The van der Waals surface area contributed by atoms with Crippen LogP contribution in [0.25, 0.3) is 0 Å². The van der Waals surface area contributed by atoms with E-state index in [2.05, 4.69) is 0 Å². The lowest BCUT2D eigenvalue weighted by Crippen LogP contribution is -2.47. The Bertz CT molecular complexity index is 867. The van der Waals surface area contributed by atoms with Gasteiger partial charge in [-0.15, -0.1) is 0 Å². The molecule has 0 radical (unpaired) electrons. The second-order valence-corrected chi connectivity index (χ2v) is 9.21. The van der Waals surface area contributed by atoms with Gasteiger partial charge in [0.15, 0.2) is 0 Å². The number of fused-ring (bicyclic) bond motifs is 2. The van der Waals surface area contributed by atoms with Crippen molar-refractivity contribution in [2.24, 2.45) is 0 Å². The quantitative estimate of drug-likeness (QED) is 0.764. The summed E-state index contributed by atoms with van der Waals surface area (Å²) < 4.78 is 39.9. The fourth-order valence-electron chi connectivity index (χ4n) is 3.90. The Kier molecular flexibility index (Phi) is 5.32. The zero-order valence-corrected chi connectivity index (χ0v) is 16.3. The molecule has 0 aromatic heterocycles. The van der Waals surface area contributed by atoms with Crippen LogP contribution in [0, 0.1) is 6.92 Å². The normalized spacial score (nSPS) is 25.6. The van der Waals surface area contributed by atoms with Gasteiger partial charge in [-0.1, -0.05) is 48.0 Å². The van der Waals surface area contributed by atoms with Crippen LogP contribution in [0.2, 0.25) is 0 Å². The van der Waals surface area contributed by atoms with E-state index in [0.717, 1.165) is 24.0 Å². The van der Waals surface area contributed by atoms with Gasteiger partial charge < -0.3 is 9.47 Å². The van der Waals surface area contributed by atoms with Crippen molar-refractivity contribution in [3.05, 3.63) is 65.7 Å². The van der Waals surface area contributed by atoms with Gasteiger partial charge in [-0.3, -0.25) is 0 Å². The molecule has 2 aliphatic rings. The van der Waals surface area contributed by atoms with E-state index in [1.807, 2.05) is 49.4 Å². The summed E-state index contributed by atoms with van der Waals surface area (Å²) in [5, 5.41) is 0. The van der Waals surface area contributed by atoms with Crippen LogP contribution in [0.5, 0.6) is 0 Å². The van der Waals surface area contributed by atoms with Crippen LogP contribution >= 0.6 is 0 Å². The summed E-state index contributed by atoms with van der Waals surface area (Å²) in [5.41, 5.74) is 2.15. The summed E-state index contributed by atoms with van der Waals surface area (Å²) in [7, 11) is -3.53.